The molecule has 1 aliphatic rings. The molecule has 2 atom stereocenters. The summed E-state index contributed by atoms with van der Waals surface area (Å²) in [5.41, 5.74) is 1.70. The van der Waals surface area contributed by atoms with E-state index in [1.165, 1.54) is 0 Å². The van der Waals surface area contributed by atoms with Crippen molar-refractivity contribution in [1.29, 1.82) is 0 Å². The third-order valence-corrected chi connectivity index (χ3v) is 4.64. The normalized spacial score (nSPS) is 20.5. The van der Waals surface area contributed by atoms with Gasteiger partial charge in [0.15, 0.2) is 5.65 Å². The number of aryl methyl sites for hydroxylation is 1. The molecule has 1 fully saturated rings. The molecule has 3 heterocycles. The van der Waals surface area contributed by atoms with Gasteiger partial charge < -0.3 is 15.0 Å². The highest BCUT2D eigenvalue weighted by Crippen LogP contribution is 2.27. The molecular formula is C18H21ClN6O. The lowest BCUT2D eigenvalue weighted by Gasteiger charge is -2.35. The second-order valence-electron chi connectivity index (χ2n) is 6.67. The van der Waals surface area contributed by atoms with Gasteiger partial charge in [-0.25, -0.2) is 0 Å². The van der Waals surface area contributed by atoms with Crippen LogP contribution in [0.4, 0.5) is 17.5 Å². The predicted octanol–water partition coefficient (Wildman–Crippen LogP) is 3.37. The Bertz CT molecular complexity index is 915. The fourth-order valence-electron chi connectivity index (χ4n) is 3.26. The number of rotatable bonds is 3. The van der Waals surface area contributed by atoms with Crippen LogP contribution in [0.3, 0.4) is 0 Å². The van der Waals surface area contributed by atoms with Gasteiger partial charge in [-0.05, 0) is 38.1 Å². The third kappa shape index (κ3) is 3.32. The van der Waals surface area contributed by atoms with Gasteiger partial charge in [0.05, 0.1) is 23.8 Å². The van der Waals surface area contributed by atoms with E-state index in [0.29, 0.717) is 11.0 Å². The number of nitrogens with zero attached hydrogens (tertiary/aromatic N) is 5. The molecule has 7 nitrogen and oxygen atoms in total. The van der Waals surface area contributed by atoms with Crippen LogP contribution < -0.4 is 10.2 Å². The van der Waals surface area contributed by atoms with E-state index in [1.54, 1.807) is 10.9 Å². The Hall–Kier alpha value is -2.38. The number of hydrogen-bond donors (Lipinski definition) is 1. The monoisotopic (exact) mass is 372 g/mol. The van der Waals surface area contributed by atoms with Crippen molar-refractivity contribution in [3.8, 4) is 0 Å². The van der Waals surface area contributed by atoms with Gasteiger partial charge in [0, 0.05) is 30.8 Å². The van der Waals surface area contributed by atoms with Crippen molar-refractivity contribution in [2.24, 2.45) is 7.05 Å². The first-order chi connectivity index (χ1) is 12.5. The van der Waals surface area contributed by atoms with E-state index in [4.69, 9.17) is 26.3 Å². The van der Waals surface area contributed by atoms with Crippen LogP contribution in [0.2, 0.25) is 5.02 Å². The van der Waals surface area contributed by atoms with E-state index < -0.39 is 0 Å². The van der Waals surface area contributed by atoms with Crippen LogP contribution >= 0.6 is 11.6 Å². The van der Waals surface area contributed by atoms with Crippen LogP contribution in [0.1, 0.15) is 13.8 Å². The van der Waals surface area contributed by atoms with Crippen molar-refractivity contribution in [3.63, 3.8) is 0 Å². The molecule has 0 saturated carbocycles. The van der Waals surface area contributed by atoms with E-state index in [9.17, 15) is 0 Å². The zero-order valence-corrected chi connectivity index (χ0v) is 15.7. The molecule has 0 aliphatic carbocycles. The molecule has 26 heavy (non-hydrogen) atoms. The van der Waals surface area contributed by atoms with Gasteiger partial charge in [0.25, 0.3) is 0 Å². The number of anilines is 3. The number of halogens is 1. The van der Waals surface area contributed by atoms with E-state index >= 15 is 0 Å². The molecule has 8 heteroatoms. The highest BCUT2D eigenvalue weighted by Gasteiger charge is 2.25. The van der Waals surface area contributed by atoms with Gasteiger partial charge in [-0.1, -0.05) is 11.6 Å². The topological polar surface area (TPSA) is 68.1 Å². The average Bonchev–Trinajstić information content (AvgIpc) is 2.97. The number of morpholine rings is 1. The molecule has 0 unspecified atom stereocenters. The summed E-state index contributed by atoms with van der Waals surface area (Å²) in [5, 5.41) is 9.28. The molecule has 136 valence electrons. The summed E-state index contributed by atoms with van der Waals surface area (Å²) >= 11 is 5.98. The van der Waals surface area contributed by atoms with E-state index in [2.05, 4.69) is 29.2 Å². The minimum atomic E-state index is 0.136. The van der Waals surface area contributed by atoms with Crippen LogP contribution in [0.25, 0.3) is 11.0 Å². The highest BCUT2D eigenvalue weighted by molar-refractivity contribution is 6.30. The fraction of sp³-hybridized carbons (Fsp3) is 0.389. The molecule has 1 N–H and O–H groups in total. The smallest absolute Gasteiger partial charge is 0.229 e. The van der Waals surface area contributed by atoms with Gasteiger partial charge in [-0.15, -0.1) is 0 Å². The Morgan fingerprint density at radius 2 is 1.81 bits per heavy atom. The summed E-state index contributed by atoms with van der Waals surface area (Å²) in [6.07, 6.45) is 2.05. The summed E-state index contributed by atoms with van der Waals surface area (Å²) in [6.45, 7) is 5.65. The maximum atomic E-state index is 5.98. The maximum Gasteiger partial charge on any atom is 0.229 e. The maximum absolute atomic E-state index is 5.98. The van der Waals surface area contributed by atoms with Crippen LogP contribution in [0.15, 0.2) is 30.5 Å². The van der Waals surface area contributed by atoms with Gasteiger partial charge in [-0.3, -0.25) is 4.68 Å². The lowest BCUT2D eigenvalue weighted by atomic mass is 10.2. The molecular weight excluding hydrogens is 352 g/mol. The Morgan fingerprint density at radius 1 is 1.12 bits per heavy atom. The molecule has 2 aromatic heterocycles. The van der Waals surface area contributed by atoms with Crippen molar-refractivity contribution in [2.45, 2.75) is 26.1 Å². The summed E-state index contributed by atoms with van der Waals surface area (Å²) in [4.78, 5) is 11.7. The molecule has 0 spiro atoms. The Kier molecular flexibility index (Phi) is 4.42. The quantitative estimate of drug-likeness (QED) is 0.760. The molecule has 3 aromatic rings. The molecule has 0 amide bonds. The summed E-state index contributed by atoms with van der Waals surface area (Å²) in [5.74, 6) is 1.41. The first-order valence-corrected chi connectivity index (χ1v) is 9.00. The summed E-state index contributed by atoms with van der Waals surface area (Å²) in [6, 6.07) is 7.53. The minimum Gasteiger partial charge on any atom is -0.372 e. The fourth-order valence-corrected chi connectivity index (χ4v) is 3.38. The largest absolute Gasteiger partial charge is 0.372 e. The number of ether oxygens (including phenoxy) is 1. The summed E-state index contributed by atoms with van der Waals surface area (Å²) in [7, 11) is 1.88. The van der Waals surface area contributed by atoms with Crippen LogP contribution in [-0.2, 0) is 11.8 Å². The van der Waals surface area contributed by atoms with Crippen molar-refractivity contribution in [2.75, 3.05) is 23.3 Å². The second kappa shape index (κ2) is 6.74. The van der Waals surface area contributed by atoms with E-state index in [1.807, 2.05) is 31.3 Å². The van der Waals surface area contributed by atoms with Gasteiger partial charge >= 0.3 is 0 Å². The molecule has 0 radical (unpaired) electrons. The lowest BCUT2D eigenvalue weighted by molar-refractivity contribution is -0.00569. The second-order valence-corrected chi connectivity index (χ2v) is 7.11. The van der Waals surface area contributed by atoms with Crippen LogP contribution in [0, 0.1) is 0 Å². The molecule has 4 rings (SSSR count). The lowest BCUT2D eigenvalue weighted by Crippen LogP contribution is -2.46. The molecule has 1 aromatic carbocycles. The number of nitrogens with one attached hydrogen (secondary N) is 1. The first kappa shape index (κ1) is 17.1. The zero-order chi connectivity index (χ0) is 18.3. The predicted molar refractivity (Wildman–Crippen MR) is 103 cm³/mol. The van der Waals surface area contributed by atoms with E-state index in [-0.39, 0.29) is 12.2 Å². The van der Waals surface area contributed by atoms with Gasteiger partial charge in [0.1, 0.15) is 5.82 Å². The van der Waals surface area contributed by atoms with Crippen molar-refractivity contribution >= 4 is 40.1 Å². The molecule has 1 aliphatic heterocycles. The summed E-state index contributed by atoms with van der Waals surface area (Å²) < 4.78 is 7.59. The van der Waals surface area contributed by atoms with E-state index in [0.717, 1.165) is 35.6 Å². The standard InChI is InChI=1S/C18H21ClN6O/c1-11-9-25(10-12(2)26-11)18-22-16(15-8-20-24(3)17(15)23-18)21-14-6-4-13(19)5-7-14/h4-8,11-12H,9-10H2,1-3H3,(H,21,22,23)/t11-,12-/m0/s1. The van der Waals surface area contributed by atoms with Crippen molar-refractivity contribution < 1.29 is 4.74 Å². The average molecular weight is 373 g/mol. The highest BCUT2D eigenvalue weighted by atomic mass is 35.5. The Labute approximate surface area is 156 Å². The SMILES string of the molecule is C[C@H]1CN(c2nc(Nc3ccc(Cl)cc3)c3cnn(C)c3n2)C[C@H](C)O1. The Balaban J connectivity index is 1.75. The number of aromatic nitrogens is 4. The minimum absolute atomic E-state index is 0.136. The third-order valence-electron chi connectivity index (χ3n) is 4.39. The van der Waals surface area contributed by atoms with Crippen molar-refractivity contribution in [1.82, 2.24) is 19.7 Å². The van der Waals surface area contributed by atoms with Crippen molar-refractivity contribution in [3.05, 3.63) is 35.5 Å². The molecule has 0 bridgehead atoms. The number of hydrogen-bond acceptors (Lipinski definition) is 6. The number of fused-ring (bicyclic) bond motifs is 1. The molecule has 1 saturated heterocycles. The Morgan fingerprint density at radius 3 is 2.50 bits per heavy atom. The van der Waals surface area contributed by atoms with Crippen LogP contribution in [-0.4, -0.2) is 45.0 Å². The number of benzene rings is 1. The van der Waals surface area contributed by atoms with Gasteiger partial charge in [-0.2, -0.15) is 15.1 Å². The van der Waals surface area contributed by atoms with Crippen LogP contribution in [0.5, 0.6) is 0 Å². The first-order valence-electron chi connectivity index (χ1n) is 8.62. The van der Waals surface area contributed by atoms with Gasteiger partial charge in [0.2, 0.25) is 5.95 Å². The zero-order valence-electron chi connectivity index (χ0n) is 15.0.